The van der Waals surface area contributed by atoms with E-state index < -0.39 is 5.72 Å². The third kappa shape index (κ3) is 1.76. The predicted octanol–water partition coefficient (Wildman–Crippen LogP) is -0.416. The van der Waals surface area contributed by atoms with Gasteiger partial charge in [0.05, 0.1) is 0 Å². The minimum absolute atomic E-state index is 0.764. The topological polar surface area (TPSA) is 64.5 Å². The Morgan fingerprint density at radius 1 is 1.67 bits per heavy atom. The first-order chi connectivity index (χ1) is 4.06. The Hall–Kier alpha value is -0.420. The Balaban J connectivity index is 4.08. The molecule has 0 fully saturated rings. The van der Waals surface area contributed by atoms with Crippen molar-refractivity contribution in [1.82, 2.24) is 5.12 Å². The molecule has 0 heterocycles. The molecule has 54 valence electrons. The summed E-state index contributed by atoms with van der Waals surface area (Å²) in [5.41, 5.74) is -0.764. The third-order valence-electron chi connectivity index (χ3n) is 1.30. The summed E-state index contributed by atoms with van der Waals surface area (Å²) in [5.74, 6) is 10.4. The highest BCUT2D eigenvalue weighted by Crippen LogP contribution is 2.08. The van der Waals surface area contributed by atoms with E-state index in [2.05, 4.69) is 6.58 Å². The lowest BCUT2D eigenvalue weighted by Crippen LogP contribution is -2.55. The van der Waals surface area contributed by atoms with Crippen molar-refractivity contribution in [2.45, 2.75) is 12.6 Å². The summed E-state index contributed by atoms with van der Waals surface area (Å²) in [7, 11) is 1.51. The Labute approximate surface area is 55.0 Å². The minimum atomic E-state index is -0.764. The second-order valence-electron chi connectivity index (χ2n) is 1.87. The predicted molar refractivity (Wildman–Crippen MR) is 35.8 cm³/mol. The Morgan fingerprint density at radius 3 is 2.11 bits per heavy atom. The van der Waals surface area contributed by atoms with Gasteiger partial charge in [-0.1, -0.05) is 6.58 Å². The van der Waals surface area contributed by atoms with Crippen LogP contribution in [0.25, 0.3) is 0 Å². The van der Waals surface area contributed by atoms with Crippen LogP contribution in [0.15, 0.2) is 12.7 Å². The van der Waals surface area contributed by atoms with E-state index in [0.29, 0.717) is 0 Å². The van der Waals surface area contributed by atoms with Gasteiger partial charge in [0.1, 0.15) is 0 Å². The largest absolute Gasteiger partial charge is 0.358 e. The van der Waals surface area contributed by atoms with Crippen LogP contribution in [0.5, 0.6) is 0 Å². The number of nitrogens with two attached hydrogens (primary N) is 2. The first kappa shape index (κ1) is 8.58. The van der Waals surface area contributed by atoms with Crippen molar-refractivity contribution in [3.8, 4) is 0 Å². The normalized spacial score (nSPS) is 17.4. The van der Waals surface area contributed by atoms with Crippen molar-refractivity contribution in [3.63, 3.8) is 0 Å². The number of methoxy groups -OCH3 is 1. The van der Waals surface area contributed by atoms with E-state index in [-0.39, 0.29) is 0 Å². The molecule has 0 aromatic rings. The Morgan fingerprint density at radius 2 is 2.11 bits per heavy atom. The van der Waals surface area contributed by atoms with E-state index >= 15 is 0 Å². The summed E-state index contributed by atoms with van der Waals surface area (Å²) in [4.78, 5) is 0. The van der Waals surface area contributed by atoms with Gasteiger partial charge in [0.25, 0.3) is 0 Å². The summed E-state index contributed by atoms with van der Waals surface area (Å²) in [6.07, 6.45) is 1.52. The van der Waals surface area contributed by atoms with Gasteiger partial charge in [-0.15, -0.1) is 5.12 Å². The number of rotatable bonds is 3. The number of hydrazine groups is 2. The number of hydrogen-bond acceptors (Lipinski definition) is 4. The molecule has 0 aliphatic rings. The van der Waals surface area contributed by atoms with Gasteiger partial charge in [-0.2, -0.15) is 0 Å². The molecule has 0 spiro atoms. The standard InChI is InChI=1S/C5H13N3O/c1-4-5(2,9-3)8(6)7/h4H,1,6-7H2,2-3H3. The summed E-state index contributed by atoms with van der Waals surface area (Å²) < 4.78 is 4.91. The zero-order chi connectivity index (χ0) is 7.49. The highest BCUT2D eigenvalue weighted by molar-refractivity contribution is 4.89. The summed E-state index contributed by atoms with van der Waals surface area (Å²) in [6, 6.07) is 0. The van der Waals surface area contributed by atoms with Crippen LogP contribution in [0.4, 0.5) is 0 Å². The van der Waals surface area contributed by atoms with Gasteiger partial charge in [0.15, 0.2) is 5.72 Å². The fourth-order valence-electron chi connectivity index (χ4n) is 0.294. The van der Waals surface area contributed by atoms with Gasteiger partial charge in [-0.3, -0.25) is 11.7 Å². The molecular weight excluding hydrogens is 118 g/mol. The molecule has 0 saturated carbocycles. The Bertz CT molecular complexity index is 104. The van der Waals surface area contributed by atoms with Gasteiger partial charge in [0, 0.05) is 7.11 Å². The molecule has 4 N–H and O–H groups in total. The zero-order valence-electron chi connectivity index (χ0n) is 5.79. The lowest BCUT2D eigenvalue weighted by atomic mass is 10.3. The minimum Gasteiger partial charge on any atom is -0.358 e. The average molecular weight is 131 g/mol. The molecule has 1 unspecified atom stereocenters. The van der Waals surface area contributed by atoms with Crippen LogP contribution in [0.3, 0.4) is 0 Å². The molecule has 0 amide bonds. The van der Waals surface area contributed by atoms with Gasteiger partial charge < -0.3 is 4.74 Å². The average Bonchev–Trinajstić information content (AvgIpc) is 1.86. The van der Waals surface area contributed by atoms with E-state index in [1.165, 1.54) is 13.2 Å². The SMILES string of the molecule is C=CC(C)(OC)N(N)N. The van der Waals surface area contributed by atoms with E-state index in [1.54, 1.807) is 6.92 Å². The highest BCUT2D eigenvalue weighted by atomic mass is 16.5. The first-order valence-corrected chi connectivity index (χ1v) is 2.55. The first-order valence-electron chi connectivity index (χ1n) is 2.55. The highest BCUT2D eigenvalue weighted by Gasteiger charge is 2.22. The Kier molecular flexibility index (Phi) is 2.80. The second-order valence-corrected chi connectivity index (χ2v) is 1.87. The third-order valence-corrected chi connectivity index (χ3v) is 1.30. The van der Waals surface area contributed by atoms with Gasteiger partial charge >= 0.3 is 0 Å². The maximum atomic E-state index is 5.21. The van der Waals surface area contributed by atoms with Crippen molar-refractivity contribution >= 4 is 0 Å². The summed E-state index contributed by atoms with van der Waals surface area (Å²) in [6.45, 7) is 5.21. The van der Waals surface area contributed by atoms with Crippen molar-refractivity contribution in [2.75, 3.05) is 7.11 Å². The molecule has 0 aromatic carbocycles. The molecule has 0 aliphatic heterocycles. The number of ether oxygens (including phenoxy) is 1. The molecule has 0 rings (SSSR count). The molecule has 0 radical (unpaired) electrons. The van der Waals surface area contributed by atoms with E-state index in [1.807, 2.05) is 0 Å². The van der Waals surface area contributed by atoms with Gasteiger partial charge in [0.2, 0.25) is 0 Å². The van der Waals surface area contributed by atoms with Crippen molar-refractivity contribution in [1.29, 1.82) is 0 Å². The van der Waals surface area contributed by atoms with Crippen LogP contribution >= 0.6 is 0 Å². The molecule has 0 saturated heterocycles. The van der Waals surface area contributed by atoms with Gasteiger partial charge in [-0.25, -0.2) is 0 Å². The van der Waals surface area contributed by atoms with E-state index in [9.17, 15) is 0 Å². The quantitative estimate of drug-likeness (QED) is 0.236. The molecule has 4 heteroatoms. The zero-order valence-corrected chi connectivity index (χ0v) is 5.79. The van der Waals surface area contributed by atoms with Crippen LogP contribution in [0.2, 0.25) is 0 Å². The van der Waals surface area contributed by atoms with Crippen LogP contribution in [0, 0.1) is 0 Å². The maximum Gasteiger partial charge on any atom is 0.162 e. The molecular formula is C5H13N3O. The molecule has 4 nitrogen and oxygen atoms in total. The summed E-state index contributed by atoms with van der Waals surface area (Å²) in [5, 5.41) is 0.958. The van der Waals surface area contributed by atoms with Crippen molar-refractivity contribution in [3.05, 3.63) is 12.7 Å². The van der Waals surface area contributed by atoms with Crippen LogP contribution in [-0.2, 0) is 4.74 Å². The second kappa shape index (κ2) is 2.93. The monoisotopic (exact) mass is 131 g/mol. The van der Waals surface area contributed by atoms with Crippen LogP contribution in [0.1, 0.15) is 6.92 Å². The van der Waals surface area contributed by atoms with Gasteiger partial charge in [-0.05, 0) is 13.0 Å². The van der Waals surface area contributed by atoms with Crippen molar-refractivity contribution in [2.24, 2.45) is 11.7 Å². The fourth-order valence-corrected chi connectivity index (χ4v) is 0.294. The summed E-state index contributed by atoms with van der Waals surface area (Å²) >= 11 is 0. The number of hydrogen-bond donors (Lipinski definition) is 2. The van der Waals surface area contributed by atoms with Crippen molar-refractivity contribution < 1.29 is 4.74 Å². The molecule has 0 bridgehead atoms. The number of nitrogens with zero attached hydrogens (tertiary/aromatic N) is 1. The molecule has 1 atom stereocenters. The maximum absolute atomic E-state index is 5.21. The molecule has 0 aliphatic carbocycles. The smallest absolute Gasteiger partial charge is 0.162 e. The van der Waals surface area contributed by atoms with Crippen LogP contribution in [-0.4, -0.2) is 18.0 Å². The van der Waals surface area contributed by atoms with E-state index in [4.69, 9.17) is 16.4 Å². The fraction of sp³-hybridized carbons (Fsp3) is 0.600. The molecule has 0 aromatic heterocycles. The lowest BCUT2D eigenvalue weighted by molar-refractivity contribution is -0.0877. The lowest BCUT2D eigenvalue weighted by Gasteiger charge is -2.29. The van der Waals surface area contributed by atoms with E-state index in [0.717, 1.165) is 5.12 Å². The molecule has 9 heavy (non-hydrogen) atoms. The van der Waals surface area contributed by atoms with Crippen LogP contribution < -0.4 is 11.7 Å².